The summed E-state index contributed by atoms with van der Waals surface area (Å²) >= 11 is 15.8. The Kier molecular flexibility index (Phi) is 5.80. The van der Waals surface area contributed by atoms with Crippen molar-refractivity contribution in [1.29, 1.82) is 0 Å². The van der Waals surface area contributed by atoms with Crippen LogP contribution in [0, 0.1) is 0 Å². The Morgan fingerprint density at radius 1 is 1.20 bits per heavy atom. The maximum absolute atomic E-state index is 12.2. The standard InChI is InChI=1S/C17H11BrClN3OS2/c18-12-3-1-2-11(8-12)15(23)21-16(24)22-17-20-14(9-25-17)10-4-6-13(19)7-5-10/h1-9H,(H2,20,21,22,23,24). The number of amides is 1. The molecule has 8 heteroatoms. The van der Waals surface area contributed by atoms with E-state index in [-0.39, 0.29) is 11.0 Å². The molecule has 0 fully saturated rings. The van der Waals surface area contributed by atoms with E-state index in [9.17, 15) is 4.79 Å². The Bertz CT molecular complexity index is 928. The first-order valence-corrected chi connectivity index (χ1v) is 9.56. The summed E-state index contributed by atoms with van der Waals surface area (Å²) in [6, 6.07) is 14.5. The molecule has 1 heterocycles. The summed E-state index contributed by atoms with van der Waals surface area (Å²) in [4.78, 5) is 16.6. The Morgan fingerprint density at radius 2 is 1.96 bits per heavy atom. The van der Waals surface area contributed by atoms with Crippen LogP contribution in [-0.2, 0) is 0 Å². The maximum atomic E-state index is 12.2. The maximum Gasteiger partial charge on any atom is 0.257 e. The number of rotatable bonds is 3. The first-order valence-electron chi connectivity index (χ1n) is 7.10. The third-order valence-electron chi connectivity index (χ3n) is 3.18. The fourth-order valence-electron chi connectivity index (χ4n) is 2.02. The van der Waals surface area contributed by atoms with E-state index in [0.29, 0.717) is 15.7 Å². The number of thiocarbonyl (C=S) groups is 1. The van der Waals surface area contributed by atoms with Gasteiger partial charge in [-0.1, -0.05) is 45.7 Å². The average molecular weight is 453 g/mol. The highest BCUT2D eigenvalue weighted by Crippen LogP contribution is 2.25. The fraction of sp³-hybridized carbons (Fsp3) is 0. The van der Waals surface area contributed by atoms with E-state index in [1.165, 1.54) is 11.3 Å². The molecular formula is C17H11BrClN3OS2. The second-order valence-corrected chi connectivity index (χ2v) is 7.58. The average Bonchev–Trinajstić information content (AvgIpc) is 3.03. The van der Waals surface area contributed by atoms with E-state index in [0.717, 1.165) is 15.7 Å². The monoisotopic (exact) mass is 451 g/mol. The summed E-state index contributed by atoms with van der Waals surface area (Å²) in [5.74, 6) is -0.284. The van der Waals surface area contributed by atoms with Crippen LogP contribution < -0.4 is 10.6 Å². The minimum Gasteiger partial charge on any atom is -0.308 e. The van der Waals surface area contributed by atoms with Gasteiger partial charge in [0, 0.05) is 26.0 Å². The lowest BCUT2D eigenvalue weighted by atomic mass is 10.2. The molecule has 0 spiro atoms. The van der Waals surface area contributed by atoms with Crippen molar-refractivity contribution in [3.8, 4) is 11.3 Å². The van der Waals surface area contributed by atoms with Crippen LogP contribution in [0.3, 0.4) is 0 Å². The second kappa shape index (κ2) is 8.05. The summed E-state index contributed by atoms with van der Waals surface area (Å²) in [7, 11) is 0. The Hall–Kier alpha value is -1.80. The lowest BCUT2D eigenvalue weighted by Gasteiger charge is -2.07. The molecule has 2 N–H and O–H groups in total. The number of thiazole rings is 1. The number of carbonyl (C=O) groups is 1. The molecule has 126 valence electrons. The van der Waals surface area contributed by atoms with Crippen LogP contribution in [-0.4, -0.2) is 16.0 Å². The molecule has 0 bridgehead atoms. The van der Waals surface area contributed by atoms with Gasteiger partial charge >= 0.3 is 0 Å². The van der Waals surface area contributed by atoms with Gasteiger partial charge in [-0.2, -0.15) is 0 Å². The van der Waals surface area contributed by atoms with Gasteiger partial charge in [-0.3, -0.25) is 10.1 Å². The highest BCUT2D eigenvalue weighted by Gasteiger charge is 2.10. The molecule has 25 heavy (non-hydrogen) atoms. The summed E-state index contributed by atoms with van der Waals surface area (Å²) in [5.41, 5.74) is 2.28. The smallest absolute Gasteiger partial charge is 0.257 e. The quantitative estimate of drug-likeness (QED) is 0.526. The highest BCUT2D eigenvalue weighted by atomic mass is 79.9. The zero-order chi connectivity index (χ0) is 17.8. The van der Waals surface area contributed by atoms with E-state index in [1.807, 2.05) is 35.7 Å². The lowest BCUT2D eigenvalue weighted by Crippen LogP contribution is -2.34. The van der Waals surface area contributed by atoms with Gasteiger partial charge in [0.05, 0.1) is 5.69 Å². The third-order valence-corrected chi connectivity index (χ3v) is 4.89. The number of nitrogens with one attached hydrogen (secondary N) is 2. The number of nitrogens with zero attached hydrogens (tertiary/aromatic N) is 1. The third kappa shape index (κ3) is 4.85. The normalized spacial score (nSPS) is 10.3. The summed E-state index contributed by atoms with van der Waals surface area (Å²) in [6.45, 7) is 0. The number of benzene rings is 2. The Morgan fingerprint density at radius 3 is 2.68 bits per heavy atom. The molecule has 0 atom stereocenters. The molecule has 0 saturated heterocycles. The van der Waals surface area contributed by atoms with Crippen LogP contribution in [0.2, 0.25) is 5.02 Å². The van der Waals surface area contributed by atoms with Crippen molar-refractivity contribution in [2.45, 2.75) is 0 Å². The van der Waals surface area contributed by atoms with Crippen molar-refractivity contribution in [2.75, 3.05) is 5.32 Å². The van der Waals surface area contributed by atoms with E-state index in [2.05, 4.69) is 31.5 Å². The van der Waals surface area contributed by atoms with Crippen molar-refractivity contribution < 1.29 is 4.79 Å². The molecule has 2 aromatic carbocycles. The molecule has 1 amide bonds. The number of halogens is 2. The molecular weight excluding hydrogens is 442 g/mol. The zero-order valence-corrected chi connectivity index (χ0v) is 16.6. The van der Waals surface area contributed by atoms with Gasteiger partial charge < -0.3 is 5.32 Å². The molecule has 3 aromatic rings. The second-order valence-electron chi connectivity index (χ2n) is 4.96. The van der Waals surface area contributed by atoms with E-state index >= 15 is 0 Å². The predicted molar refractivity (Wildman–Crippen MR) is 110 cm³/mol. The number of hydrogen-bond acceptors (Lipinski definition) is 4. The fourth-order valence-corrected chi connectivity index (χ4v) is 3.52. The number of anilines is 1. The number of aromatic nitrogens is 1. The van der Waals surface area contributed by atoms with E-state index < -0.39 is 0 Å². The largest absolute Gasteiger partial charge is 0.308 e. The molecule has 1 aromatic heterocycles. The molecule has 0 saturated carbocycles. The van der Waals surface area contributed by atoms with Crippen molar-refractivity contribution in [3.63, 3.8) is 0 Å². The molecule has 0 aliphatic heterocycles. The zero-order valence-electron chi connectivity index (χ0n) is 12.6. The van der Waals surface area contributed by atoms with Crippen LogP contribution in [0.5, 0.6) is 0 Å². The van der Waals surface area contributed by atoms with Crippen LogP contribution in [0.1, 0.15) is 10.4 Å². The van der Waals surface area contributed by atoms with Crippen LogP contribution in [0.25, 0.3) is 11.3 Å². The van der Waals surface area contributed by atoms with Gasteiger partial charge in [-0.25, -0.2) is 4.98 Å². The van der Waals surface area contributed by atoms with Crippen molar-refractivity contribution >= 4 is 67.2 Å². The number of carbonyl (C=O) groups excluding carboxylic acids is 1. The molecule has 0 radical (unpaired) electrons. The predicted octanol–water partition coefficient (Wildman–Crippen LogP) is 5.35. The SMILES string of the molecule is O=C(NC(=S)Nc1nc(-c2ccc(Cl)cc2)cs1)c1cccc(Br)c1. The molecule has 0 unspecified atom stereocenters. The van der Waals surface area contributed by atoms with Crippen LogP contribution in [0.15, 0.2) is 58.4 Å². The Labute approximate surface area is 167 Å². The highest BCUT2D eigenvalue weighted by molar-refractivity contribution is 9.10. The topological polar surface area (TPSA) is 54.0 Å². The summed E-state index contributed by atoms with van der Waals surface area (Å²) in [5, 5.41) is 8.95. The van der Waals surface area contributed by atoms with Crippen LogP contribution in [0.4, 0.5) is 5.13 Å². The van der Waals surface area contributed by atoms with Crippen LogP contribution >= 0.6 is 51.1 Å². The van der Waals surface area contributed by atoms with Crippen molar-refractivity contribution in [3.05, 3.63) is 69.0 Å². The van der Waals surface area contributed by atoms with E-state index in [1.54, 1.807) is 18.2 Å². The molecule has 0 aliphatic rings. The lowest BCUT2D eigenvalue weighted by molar-refractivity contribution is 0.0977. The first-order chi connectivity index (χ1) is 12.0. The van der Waals surface area contributed by atoms with Crippen molar-refractivity contribution in [2.24, 2.45) is 0 Å². The van der Waals surface area contributed by atoms with Crippen molar-refractivity contribution in [1.82, 2.24) is 10.3 Å². The van der Waals surface area contributed by atoms with Gasteiger partial charge in [0.1, 0.15) is 0 Å². The number of hydrogen-bond donors (Lipinski definition) is 2. The Balaban J connectivity index is 1.63. The van der Waals surface area contributed by atoms with Gasteiger partial charge in [0.15, 0.2) is 10.2 Å². The van der Waals surface area contributed by atoms with E-state index in [4.69, 9.17) is 23.8 Å². The first kappa shape index (κ1) is 18.0. The van der Waals surface area contributed by atoms with Gasteiger partial charge in [0.2, 0.25) is 0 Å². The minimum absolute atomic E-state index is 0.196. The minimum atomic E-state index is -0.284. The molecule has 3 rings (SSSR count). The van der Waals surface area contributed by atoms with Gasteiger partial charge in [-0.15, -0.1) is 11.3 Å². The summed E-state index contributed by atoms with van der Waals surface area (Å²) in [6.07, 6.45) is 0. The molecule has 0 aliphatic carbocycles. The van der Waals surface area contributed by atoms with Gasteiger partial charge in [0.25, 0.3) is 5.91 Å². The summed E-state index contributed by atoms with van der Waals surface area (Å²) < 4.78 is 0.826. The molecule has 4 nitrogen and oxygen atoms in total. The van der Waals surface area contributed by atoms with Gasteiger partial charge in [-0.05, 0) is 42.5 Å².